The summed E-state index contributed by atoms with van der Waals surface area (Å²) in [6, 6.07) is 5.62. The Balaban J connectivity index is 2.25. The van der Waals surface area contributed by atoms with E-state index in [4.69, 9.17) is 5.73 Å². The van der Waals surface area contributed by atoms with Crippen LogP contribution >= 0.6 is 0 Å². The van der Waals surface area contributed by atoms with Crippen molar-refractivity contribution in [1.82, 2.24) is 4.90 Å². The van der Waals surface area contributed by atoms with Gasteiger partial charge in [0.15, 0.2) is 0 Å². The second-order valence-electron chi connectivity index (χ2n) is 5.72. The second-order valence-corrected chi connectivity index (χ2v) is 5.72. The molecule has 0 bridgehead atoms. The summed E-state index contributed by atoms with van der Waals surface area (Å²) < 4.78 is 25.1. The zero-order chi connectivity index (χ0) is 14.9. The van der Waals surface area contributed by atoms with Crippen molar-refractivity contribution in [2.24, 2.45) is 11.7 Å². The van der Waals surface area contributed by atoms with Gasteiger partial charge in [-0.15, -0.1) is 0 Å². The number of likely N-dealkylation sites (tertiary alicyclic amines) is 1. The number of amides is 1. The fourth-order valence-corrected chi connectivity index (χ4v) is 2.69. The first-order valence-corrected chi connectivity index (χ1v) is 6.83. The van der Waals surface area contributed by atoms with Crippen molar-refractivity contribution < 1.29 is 13.6 Å². The maximum atomic E-state index is 12.6. The molecule has 1 aliphatic heterocycles. The molecule has 5 heteroatoms. The summed E-state index contributed by atoms with van der Waals surface area (Å²) in [6.07, 6.45) is -2.16. The molecule has 1 aliphatic rings. The highest BCUT2D eigenvalue weighted by molar-refractivity contribution is 5.80. The van der Waals surface area contributed by atoms with Gasteiger partial charge in [-0.05, 0) is 11.5 Å². The molecule has 0 spiro atoms. The van der Waals surface area contributed by atoms with Gasteiger partial charge in [0.1, 0.15) is 0 Å². The lowest BCUT2D eigenvalue weighted by molar-refractivity contribution is -0.129. The number of halogens is 2. The quantitative estimate of drug-likeness (QED) is 0.923. The van der Waals surface area contributed by atoms with E-state index in [0.717, 1.165) is 5.56 Å². The Labute approximate surface area is 117 Å². The van der Waals surface area contributed by atoms with E-state index in [1.807, 2.05) is 13.8 Å². The lowest BCUT2D eigenvalue weighted by atomic mass is 9.99. The van der Waals surface area contributed by atoms with Gasteiger partial charge >= 0.3 is 0 Å². The number of carbonyl (C=O) groups excluding carboxylic acids is 1. The van der Waals surface area contributed by atoms with Crippen LogP contribution < -0.4 is 5.73 Å². The van der Waals surface area contributed by atoms with Crippen molar-refractivity contribution in [2.75, 3.05) is 6.54 Å². The van der Waals surface area contributed by atoms with Crippen molar-refractivity contribution in [2.45, 2.75) is 38.8 Å². The van der Waals surface area contributed by atoms with Crippen LogP contribution in [0.25, 0.3) is 0 Å². The van der Waals surface area contributed by atoms with E-state index in [1.165, 1.54) is 12.1 Å². The normalized spacial score (nSPS) is 23.1. The molecule has 0 aliphatic carbocycles. The number of rotatable bonds is 4. The van der Waals surface area contributed by atoms with Gasteiger partial charge in [0.05, 0.1) is 6.04 Å². The summed E-state index contributed by atoms with van der Waals surface area (Å²) in [5.41, 5.74) is 6.87. The van der Waals surface area contributed by atoms with Crippen LogP contribution in [-0.4, -0.2) is 23.4 Å². The first-order valence-electron chi connectivity index (χ1n) is 6.83. The Morgan fingerprint density at radius 1 is 1.30 bits per heavy atom. The topological polar surface area (TPSA) is 46.3 Å². The SMILES string of the molecule is CC(C)CN1C(=O)CC(N)C1c1ccc(C(F)F)cc1. The van der Waals surface area contributed by atoms with Crippen LogP contribution in [0.4, 0.5) is 8.78 Å². The third kappa shape index (κ3) is 2.98. The molecule has 1 saturated heterocycles. The number of hydrogen-bond donors (Lipinski definition) is 1. The summed E-state index contributed by atoms with van der Waals surface area (Å²) in [7, 11) is 0. The van der Waals surface area contributed by atoms with Gasteiger partial charge in [-0.3, -0.25) is 4.79 Å². The summed E-state index contributed by atoms with van der Waals surface area (Å²) in [4.78, 5) is 13.8. The average Bonchev–Trinajstić information content (AvgIpc) is 2.64. The molecular formula is C15H20F2N2O. The van der Waals surface area contributed by atoms with E-state index < -0.39 is 6.43 Å². The Hall–Kier alpha value is -1.49. The number of nitrogens with two attached hydrogens (primary N) is 1. The molecular weight excluding hydrogens is 262 g/mol. The molecule has 2 rings (SSSR count). The van der Waals surface area contributed by atoms with Crippen LogP contribution in [0.2, 0.25) is 0 Å². The van der Waals surface area contributed by atoms with E-state index in [9.17, 15) is 13.6 Å². The zero-order valence-corrected chi connectivity index (χ0v) is 11.7. The van der Waals surface area contributed by atoms with E-state index in [2.05, 4.69) is 0 Å². The molecule has 110 valence electrons. The standard InChI is InChI=1S/C15H20F2N2O/c1-9(2)8-19-13(20)7-12(18)14(19)10-3-5-11(6-4-10)15(16)17/h3-6,9,12,14-15H,7-8,18H2,1-2H3. The average molecular weight is 282 g/mol. The molecule has 3 nitrogen and oxygen atoms in total. The van der Waals surface area contributed by atoms with Gasteiger partial charge in [-0.25, -0.2) is 8.78 Å². The first kappa shape index (κ1) is 14.9. The van der Waals surface area contributed by atoms with Crippen LogP contribution in [0.5, 0.6) is 0 Å². The predicted octanol–water partition coefficient (Wildman–Crippen LogP) is 2.88. The molecule has 0 aromatic heterocycles. The van der Waals surface area contributed by atoms with Crippen molar-refractivity contribution >= 4 is 5.91 Å². The first-order chi connectivity index (χ1) is 9.40. The number of hydrogen-bond acceptors (Lipinski definition) is 2. The molecule has 0 saturated carbocycles. The second kappa shape index (κ2) is 5.87. The maximum absolute atomic E-state index is 12.6. The molecule has 1 aromatic carbocycles. The van der Waals surface area contributed by atoms with E-state index in [-0.39, 0.29) is 23.6 Å². The van der Waals surface area contributed by atoms with Crippen molar-refractivity contribution in [1.29, 1.82) is 0 Å². The minimum absolute atomic E-state index is 0.0120. The monoisotopic (exact) mass is 282 g/mol. The predicted molar refractivity (Wildman–Crippen MR) is 73.3 cm³/mol. The number of nitrogens with zero attached hydrogens (tertiary/aromatic N) is 1. The fourth-order valence-electron chi connectivity index (χ4n) is 2.69. The molecule has 1 aromatic rings. The highest BCUT2D eigenvalue weighted by Gasteiger charge is 2.38. The van der Waals surface area contributed by atoms with Gasteiger partial charge in [0.25, 0.3) is 6.43 Å². The van der Waals surface area contributed by atoms with Crippen LogP contribution in [0.15, 0.2) is 24.3 Å². The summed E-state index contributed by atoms with van der Waals surface area (Å²) in [6.45, 7) is 4.70. The van der Waals surface area contributed by atoms with Crippen molar-refractivity contribution in [3.63, 3.8) is 0 Å². The lowest BCUT2D eigenvalue weighted by Gasteiger charge is -2.29. The van der Waals surface area contributed by atoms with Gasteiger partial charge in [0.2, 0.25) is 5.91 Å². The fraction of sp³-hybridized carbons (Fsp3) is 0.533. The summed E-state index contributed by atoms with van der Waals surface area (Å²) in [5, 5.41) is 0. The third-order valence-electron chi connectivity index (χ3n) is 3.56. The number of benzene rings is 1. The molecule has 1 heterocycles. The highest BCUT2D eigenvalue weighted by Crippen LogP contribution is 2.33. The van der Waals surface area contributed by atoms with Crippen LogP contribution in [0.3, 0.4) is 0 Å². The van der Waals surface area contributed by atoms with Crippen molar-refractivity contribution in [3.05, 3.63) is 35.4 Å². The van der Waals surface area contributed by atoms with Gasteiger partial charge in [0, 0.05) is 24.6 Å². The largest absolute Gasteiger partial charge is 0.334 e. The number of alkyl halides is 2. The molecule has 1 fully saturated rings. The lowest BCUT2D eigenvalue weighted by Crippen LogP contribution is -2.35. The molecule has 0 radical (unpaired) electrons. The van der Waals surface area contributed by atoms with Crippen LogP contribution in [0.1, 0.15) is 43.9 Å². The molecule has 20 heavy (non-hydrogen) atoms. The molecule has 2 atom stereocenters. The Morgan fingerprint density at radius 2 is 1.90 bits per heavy atom. The van der Waals surface area contributed by atoms with E-state index >= 15 is 0 Å². The molecule has 2 unspecified atom stereocenters. The van der Waals surface area contributed by atoms with Crippen LogP contribution in [-0.2, 0) is 4.79 Å². The summed E-state index contributed by atoms with van der Waals surface area (Å²) in [5.74, 6) is 0.376. The highest BCUT2D eigenvalue weighted by atomic mass is 19.3. The molecule has 2 N–H and O–H groups in total. The third-order valence-corrected chi connectivity index (χ3v) is 3.56. The zero-order valence-electron chi connectivity index (χ0n) is 11.7. The minimum atomic E-state index is -2.48. The Kier molecular flexibility index (Phi) is 4.38. The number of carbonyl (C=O) groups is 1. The smallest absolute Gasteiger partial charge is 0.263 e. The molecule has 1 amide bonds. The van der Waals surface area contributed by atoms with Gasteiger partial charge < -0.3 is 10.6 Å². The van der Waals surface area contributed by atoms with Crippen molar-refractivity contribution in [3.8, 4) is 0 Å². The Bertz CT molecular complexity index is 473. The minimum Gasteiger partial charge on any atom is -0.334 e. The van der Waals surface area contributed by atoms with Gasteiger partial charge in [-0.1, -0.05) is 38.1 Å². The van der Waals surface area contributed by atoms with Gasteiger partial charge in [-0.2, -0.15) is 0 Å². The summed E-state index contributed by atoms with van der Waals surface area (Å²) >= 11 is 0. The van der Waals surface area contributed by atoms with E-state index in [1.54, 1.807) is 17.0 Å². The maximum Gasteiger partial charge on any atom is 0.263 e. The van der Waals surface area contributed by atoms with Crippen LogP contribution in [0, 0.1) is 5.92 Å². The van der Waals surface area contributed by atoms with E-state index in [0.29, 0.717) is 18.9 Å². The Morgan fingerprint density at radius 3 is 2.40 bits per heavy atom.